The number of rotatable bonds is 3. The maximum absolute atomic E-state index is 13.5. The second kappa shape index (κ2) is 4.84. The summed E-state index contributed by atoms with van der Waals surface area (Å²) in [5, 5.41) is 0. The molecule has 1 N–H and O–H groups in total. The van der Waals surface area contributed by atoms with Crippen molar-refractivity contribution in [1.82, 2.24) is 15.0 Å². The molecule has 0 amide bonds. The first-order valence-corrected chi connectivity index (χ1v) is 4.90. The fourth-order valence-corrected chi connectivity index (χ4v) is 1.43. The van der Waals surface area contributed by atoms with Gasteiger partial charge in [-0.15, -0.1) is 0 Å². The number of pyridine rings is 1. The van der Waals surface area contributed by atoms with Gasteiger partial charge in [-0.05, 0) is 6.07 Å². The lowest BCUT2D eigenvalue weighted by Gasteiger charge is -2.04. The molecule has 0 aromatic carbocycles. The molecule has 5 nitrogen and oxygen atoms in total. The number of hydrogen-bond donors (Lipinski definition) is 1. The van der Waals surface area contributed by atoms with Gasteiger partial charge in [0, 0.05) is 24.9 Å². The van der Waals surface area contributed by atoms with Crippen molar-refractivity contribution in [3.05, 3.63) is 46.5 Å². The highest BCUT2D eigenvalue weighted by molar-refractivity contribution is 5.58. The van der Waals surface area contributed by atoms with E-state index < -0.39 is 5.82 Å². The lowest BCUT2D eigenvalue weighted by atomic mass is 10.2. The van der Waals surface area contributed by atoms with Crippen LogP contribution in [0.5, 0.6) is 0 Å². The van der Waals surface area contributed by atoms with Crippen LogP contribution < -0.4 is 5.56 Å². The minimum atomic E-state index is -0.519. The molecule has 0 atom stereocenters. The number of ether oxygens (including phenoxy) is 1. The van der Waals surface area contributed by atoms with Crippen molar-refractivity contribution in [2.24, 2.45) is 0 Å². The Morgan fingerprint density at radius 1 is 1.53 bits per heavy atom. The summed E-state index contributed by atoms with van der Waals surface area (Å²) in [6.45, 7) is 0.162. The SMILES string of the molecule is COCc1nc(-c2ccncc2F)cc(=O)[nH]1. The number of aromatic nitrogens is 3. The van der Waals surface area contributed by atoms with Crippen molar-refractivity contribution in [3.8, 4) is 11.3 Å². The van der Waals surface area contributed by atoms with Crippen LogP contribution in [0.3, 0.4) is 0 Å². The molecular weight excluding hydrogens is 225 g/mol. The number of H-pyrrole nitrogens is 1. The van der Waals surface area contributed by atoms with Crippen LogP contribution in [0.1, 0.15) is 5.82 Å². The molecule has 0 spiro atoms. The molecule has 0 radical (unpaired) electrons. The molecule has 2 heterocycles. The molecular formula is C11H10FN3O2. The van der Waals surface area contributed by atoms with Crippen LogP contribution in [0.2, 0.25) is 0 Å². The Labute approximate surface area is 96.3 Å². The quantitative estimate of drug-likeness (QED) is 0.865. The van der Waals surface area contributed by atoms with Crippen molar-refractivity contribution in [2.45, 2.75) is 6.61 Å². The third-order valence-electron chi connectivity index (χ3n) is 2.12. The molecule has 2 aromatic rings. The number of aromatic amines is 1. The summed E-state index contributed by atoms with van der Waals surface area (Å²) in [6, 6.07) is 2.70. The Balaban J connectivity index is 2.52. The minimum Gasteiger partial charge on any atom is -0.377 e. The Kier molecular flexibility index (Phi) is 3.24. The smallest absolute Gasteiger partial charge is 0.251 e. The molecule has 6 heteroatoms. The topological polar surface area (TPSA) is 67.9 Å². The van der Waals surface area contributed by atoms with Crippen LogP contribution in [0, 0.1) is 5.82 Å². The average molecular weight is 235 g/mol. The van der Waals surface area contributed by atoms with E-state index in [4.69, 9.17) is 4.74 Å². The van der Waals surface area contributed by atoms with E-state index in [0.717, 1.165) is 6.20 Å². The maximum atomic E-state index is 13.5. The normalized spacial score (nSPS) is 10.5. The van der Waals surface area contributed by atoms with Crippen molar-refractivity contribution in [2.75, 3.05) is 7.11 Å². The van der Waals surface area contributed by atoms with Gasteiger partial charge in [0.1, 0.15) is 12.4 Å². The molecule has 0 fully saturated rings. The lowest BCUT2D eigenvalue weighted by molar-refractivity contribution is 0.177. The van der Waals surface area contributed by atoms with Crippen LogP contribution >= 0.6 is 0 Å². The Bertz CT molecular complexity index is 583. The van der Waals surface area contributed by atoms with Gasteiger partial charge >= 0.3 is 0 Å². The zero-order valence-electron chi connectivity index (χ0n) is 9.11. The van der Waals surface area contributed by atoms with E-state index in [1.54, 1.807) is 0 Å². The van der Waals surface area contributed by atoms with Crippen LogP contribution in [-0.2, 0) is 11.3 Å². The average Bonchev–Trinajstić information content (AvgIpc) is 2.29. The maximum Gasteiger partial charge on any atom is 0.251 e. The van der Waals surface area contributed by atoms with Gasteiger partial charge in [-0.2, -0.15) is 0 Å². The molecule has 0 aliphatic rings. The molecule has 0 aliphatic carbocycles. The third kappa shape index (κ3) is 2.54. The summed E-state index contributed by atoms with van der Waals surface area (Å²) in [6.07, 6.45) is 2.52. The highest BCUT2D eigenvalue weighted by Gasteiger charge is 2.08. The van der Waals surface area contributed by atoms with Gasteiger partial charge in [0.15, 0.2) is 5.82 Å². The van der Waals surface area contributed by atoms with Crippen LogP contribution in [0.25, 0.3) is 11.3 Å². The number of methoxy groups -OCH3 is 1. The molecule has 0 unspecified atom stereocenters. The zero-order chi connectivity index (χ0) is 12.3. The Morgan fingerprint density at radius 2 is 2.35 bits per heavy atom. The summed E-state index contributed by atoms with van der Waals surface area (Å²) < 4.78 is 18.3. The summed E-state index contributed by atoms with van der Waals surface area (Å²) >= 11 is 0. The van der Waals surface area contributed by atoms with Gasteiger partial charge in [-0.3, -0.25) is 9.78 Å². The van der Waals surface area contributed by atoms with E-state index in [9.17, 15) is 9.18 Å². The van der Waals surface area contributed by atoms with Gasteiger partial charge < -0.3 is 9.72 Å². The molecule has 0 bridgehead atoms. The second-order valence-corrected chi connectivity index (χ2v) is 3.37. The molecule has 88 valence electrons. The monoisotopic (exact) mass is 235 g/mol. The fraction of sp³-hybridized carbons (Fsp3) is 0.182. The molecule has 17 heavy (non-hydrogen) atoms. The fourth-order valence-electron chi connectivity index (χ4n) is 1.43. The van der Waals surface area contributed by atoms with Gasteiger partial charge in [-0.1, -0.05) is 0 Å². The first-order valence-electron chi connectivity index (χ1n) is 4.90. The molecule has 0 saturated carbocycles. The van der Waals surface area contributed by atoms with E-state index >= 15 is 0 Å². The van der Waals surface area contributed by atoms with Crippen molar-refractivity contribution >= 4 is 0 Å². The number of halogens is 1. The van der Waals surface area contributed by atoms with E-state index in [1.165, 1.54) is 25.4 Å². The first kappa shape index (κ1) is 11.4. The number of nitrogens with zero attached hydrogens (tertiary/aromatic N) is 2. The van der Waals surface area contributed by atoms with Gasteiger partial charge in [0.25, 0.3) is 5.56 Å². The molecule has 0 aliphatic heterocycles. The van der Waals surface area contributed by atoms with Crippen LogP contribution in [-0.4, -0.2) is 22.1 Å². The van der Waals surface area contributed by atoms with Gasteiger partial charge in [0.05, 0.1) is 11.9 Å². The standard InChI is InChI=1S/C11H10FN3O2/c1-17-6-10-14-9(4-11(16)15-10)7-2-3-13-5-8(7)12/h2-5H,6H2,1H3,(H,14,15,16). The second-order valence-electron chi connectivity index (χ2n) is 3.37. The number of nitrogens with one attached hydrogen (secondary N) is 1. The Hall–Kier alpha value is -2.08. The predicted molar refractivity (Wildman–Crippen MR) is 58.8 cm³/mol. The van der Waals surface area contributed by atoms with Crippen molar-refractivity contribution in [3.63, 3.8) is 0 Å². The number of hydrogen-bond acceptors (Lipinski definition) is 4. The van der Waals surface area contributed by atoms with E-state index in [-0.39, 0.29) is 23.4 Å². The Morgan fingerprint density at radius 3 is 3.06 bits per heavy atom. The van der Waals surface area contributed by atoms with Crippen LogP contribution in [0.15, 0.2) is 29.3 Å². The summed E-state index contributed by atoms with van der Waals surface area (Å²) in [5.41, 5.74) is 0.155. The zero-order valence-corrected chi connectivity index (χ0v) is 9.11. The first-order chi connectivity index (χ1) is 8.20. The van der Waals surface area contributed by atoms with Crippen molar-refractivity contribution < 1.29 is 9.13 Å². The van der Waals surface area contributed by atoms with Crippen molar-refractivity contribution in [1.29, 1.82) is 0 Å². The van der Waals surface area contributed by atoms with E-state index in [1.807, 2.05) is 0 Å². The van der Waals surface area contributed by atoms with Gasteiger partial charge in [0.2, 0.25) is 0 Å². The summed E-state index contributed by atoms with van der Waals surface area (Å²) in [5.74, 6) is -0.167. The highest BCUT2D eigenvalue weighted by Crippen LogP contribution is 2.17. The molecule has 2 rings (SSSR count). The van der Waals surface area contributed by atoms with Crippen LogP contribution in [0.4, 0.5) is 4.39 Å². The largest absolute Gasteiger partial charge is 0.377 e. The predicted octanol–water partition coefficient (Wildman–Crippen LogP) is 1.12. The van der Waals surface area contributed by atoms with E-state index in [0.29, 0.717) is 5.82 Å². The molecule has 0 saturated heterocycles. The third-order valence-corrected chi connectivity index (χ3v) is 2.12. The molecule has 2 aromatic heterocycles. The minimum absolute atomic E-state index is 0.162. The lowest BCUT2D eigenvalue weighted by Crippen LogP contribution is -2.12. The summed E-state index contributed by atoms with van der Waals surface area (Å²) in [4.78, 5) is 21.6. The highest BCUT2D eigenvalue weighted by atomic mass is 19.1. The van der Waals surface area contributed by atoms with Gasteiger partial charge in [-0.25, -0.2) is 9.37 Å². The summed E-state index contributed by atoms with van der Waals surface area (Å²) in [7, 11) is 1.49. The van der Waals surface area contributed by atoms with E-state index in [2.05, 4.69) is 15.0 Å².